The Labute approximate surface area is 703 Å². The molecule has 5 radical (unpaired) electrons. The van der Waals surface area contributed by atoms with Gasteiger partial charge in [0.1, 0.15) is 5.76 Å². The van der Waals surface area contributed by atoms with Crippen LogP contribution in [0, 0.1) is 63.8 Å². The van der Waals surface area contributed by atoms with E-state index in [4.69, 9.17) is 97.2 Å². The summed E-state index contributed by atoms with van der Waals surface area (Å²) in [6.45, 7) is 32.6. The smallest absolute Gasteiger partial charge is 0.486 e. The number of carbonyl (C=O) groups excluding carboxylic acids is 6. The van der Waals surface area contributed by atoms with Gasteiger partial charge in [-0.3, -0.25) is 36.1 Å². The molecule has 1 heterocycles. The molecule has 0 saturated heterocycles. The summed E-state index contributed by atoms with van der Waals surface area (Å²) < 4.78 is 9.52. The van der Waals surface area contributed by atoms with Gasteiger partial charge in [0.05, 0.1) is 0 Å². The topological polar surface area (TPSA) is 125 Å². The Morgan fingerprint density at radius 2 is 0.891 bits per heavy atom. The monoisotopic (exact) mass is 1720 g/mol. The van der Waals surface area contributed by atoms with Crippen molar-refractivity contribution in [2.75, 3.05) is 0 Å². The number of allylic oxidation sites excluding steroid dienone is 41. The number of furan rings is 1. The van der Waals surface area contributed by atoms with Crippen molar-refractivity contribution in [3.63, 3.8) is 0 Å². The van der Waals surface area contributed by atoms with Gasteiger partial charge in [0.15, 0.2) is 5.78 Å². The van der Waals surface area contributed by atoms with Crippen molar-refractivity contribution in [2.45, 2.75) is 99.3 Å². The minimum atomic E-state index is -1.72. The first-order valence-corrected chi connectivity index (χ1v) is 32.1. The minimum absolute atomic E-state index is 0. The maximum absolute atomic E-state index is 11.5. The zero-order chi connectivity index (χ0) is 63.5. The predicted molar refractivity (Wildman–Crippen MR) is 363 cm³/mol. The maximum atomic E-state index is 11.5. The van der Waals surface area contributed by atoms with Gasteiger partial charge in [-0.25, -0.2) is 36.2 Å². The fraction of sp³-hybridized carbons (Fsp3) is 0.205. The third kappa shape index (κ3) is 60.7. The van der Waals surface area contributed by atoms with E-state index in [1.165, 1.54) is 95.4 Å². The number of esters is 2. The summed E-state index contributed by atoms with van der Waals surface area (Å²) in [5.41, 5.74) is 10.0. The molecular formula is C73H74AlCl5O8Y5-10. The zero-order valence-electron chi connectivity index (χ0n) is 50.3. The van der Waals surface area contributed by atoms with Crippen LogP contribution in [0.3, 0.4) is 0 Å². The fourth-order valence-corrected chi connectivity index (χ4v) is 6.95. The summed E-state index contributed by atoms with van der Waals surface area (Å²) in [6.07, 6.45) is 75.4. The Morgan fingerprint density at radius 3 is 1.22 bits per heavy atom. The second-order valence-corrected chi connectivity index (χ2v) is 24.2. The molecule has 0 amide bonds. The molecule has 92 heavy (non-hydrogen) atoms. The van der Waals surface area contributed by atoms with Crippen LogP contribution >= 0.6 is 53.3 Å². The van der Waals surface area contributed by atoms with E-state index in [2.05, 4.69) is 126 Å². The van der Waals surface area contributed by atoms with E-state index in [1.54, 1.807) is 24.3 Å². The molecule has 1 aromatic rings. The van der Waals surface area contributed by atoms with Crippen LogP contribution in [-0.2, 0) is 197 Å². The number of ketones is 2. The standard InChI is InChI=1S/2C14H12.C13H12O2.C13H10O.C5H6.C4H4Cl2O2.C4H6O3.C4H4.2CH4.Al.3ClH.5Y/c2*1-2-3-6-12-9-10-14(11-12)13-7-4-5-8-13;1-2-3-8-12(14)9-10-13(15)11-6-4-5-7-11;1-2-3-8-12-9-10-13(14-12)11-6-4-5-7-11;1-2-4-5-3-1;5-3(7)1-2-4(6)8;1-3(5)7-4(2)6;1-3-4-2;;;;;;;;;;;/h2*1-5,7,9-10H,8,11H2;1-6H,7,9-10H2;1-6,9-10H,7H2;1-4H,5H2;1-2H2;1-2H3;1-4H;2*1H4;;3*1H;;;;;/q4*-2;;;;-2;;;+3;;;;;;;;/p-3. The van der Waals surface area contributed by atoms with E-state index < -0.39 is 33.8 Å². The molecule has 8 rings (SSSR count). The van der Waals surface area contributed by atoms with Gasteiger partial charge in [-0.2, -0.15) is 23.3 Å². The van der Waals surface area contributed by atoms with Crippen LogP contribution in [0.5, 0.6) is 0 Å². The molecule has 0 bridgehead atoms. The largest absolute Gasteiger partial charge is 0.643 e. The Morgan fingerprint density at radius 1 is 0.489 bits per heavy atom. The fourth-order valence-electron chi connectivity index (χ4n) is 6.76. The summed E-state index contributed by atoms with van der Waals surface area (Å²) in [6, 6.07) is 3.83. The molecule has 1 aromatic heterocycles. The molecule has 0 fully saturated rings. The van der Waals surface area contributed by atoms with Crippen molar-refractivity contribution < 1.29 is 201 Å². The Bertz CT molecular complexity index is 2930. The van der Waals surface area contributed by atoms with E-state index in [1.807, 2.05) is 30.4 Å². The molecule has 0 atom stereocenters. The van der Waals surface area contributed by atoms with E-state index in [-0.39, 0.29) is 216 Å². The van der Waals surface area contributed by atoms with Gasteiger partial charge in [-0.15, -0.1) is 18.2 Å². The van der Waals surface area contributed by atoms with Crippen molar-refractivity contribution in [3.05, 3.63) is 309 Å². The second-order valence-electron chi connectivity index (χ2n) is 17.0. The Balaban J connectivity index is -0.000000147. The van der Waals surface area contributed by atoms with Crippen molar-refractivity contribution in [3.8, 4) is 0 Å². The number of hydrogen-bond donors (Lipinski definition) is 0. The van der Waals surface area contributed by atoms with Crippen molar-refractivity contribution in [2.24, 2.45) is 0 Å². The molecule has 19 heteroatoms. The average molecular weight is 1730 g/mol. The first-order chi connectivity index (χ1) is 40.8. The number of halogens is 5. The molecule has 477 valence electrons. The number of hydrogen-bond acceptors (Lipinski definition) is 8. The quantitative estimate of drug-likeness (QED) is 0.0255. The van der Waals surface area contributed by atoms with E-state index in [0.717, 1.165) is 49.9 Å². The van der Waals surface area contributed by atoms with Crippen LogP contribution in [0.15, 0.2) is 238 Å². The Hall–Kier alpha value is -1.64. The molecule has 0 spiro atoms. The van der Waals surface area contributed by atoms with Gasteiger partial charge in [-0.1, -0.05) is 129 Å². The maximum Gasteiger partial charge on any atom is 0.643 e. The minimum Gasteiger partial charge on any atom is -0.486 e. The van der Waals surface area contributed by atoms with Gasteiger partial charge in [0.2, 0.25) is 10.5 Å². The SMILES string of the molecule is C.C.C1=CCC=C1.CC(=O)OC(C)=O.O=C(Cl)CCC(=O)Cl.[CH-]=CC=[C-]C(=O)CCC(=O)C1=CC=CC1.[CH-]=CC=[C-]C1=CC=C(C2=CC=CC2)C1.[CH-]=CC=[C-]C1=CC=C(C2=CC=CC2)C1.[CH-]=CC=[C-]c1ccc(C2=CC=CC2)o1.[CH-]=CC=[CH-].[Cl][Al]([Cl])[Cl].[Y].[Y].[Y].[Y].[Y]. The van der Waals surface area contributed by atoms with Crippen LogP contribution in [0.25, 0.3) is 5.57 Å². The number of rotatable bonds is 19. The third-order valence-corrected chi connectivity index (χ3v) is 10.8. The number of Topliss-reactive ketones (excluding diaryl/α,β-unsaturated/α-hetero) is 2. The zero-order valence-corrected chi connectivity index (χ0v) is 69.5. The van der Waals surface area contributed by atoms with Gasteiger partial charge >= 0.3 is 23.3 Å². The van der Waals surface area contributed by atoms with Gasteiger partial charge in [-0.05, 0) is 103 Å². The molecule has 0 N–H and O–H groups in total. The van der Waals surface area contributed by atoms with E-state index >= 15 is 0 Å². The summed E-state index contributed by atoms with van der Waals surface area (Å²) in [7, 11) is 14.8. The summed E-state index contributed by atoms with van der Waals surface area (Å²) >= 11 is 8.02. The van der Waals surface area contributed by atoms with Crippen molar-refractivity contribution >= 4 is 104 Å². The van der Waals surface area contributed by atoms with E-state index in [9.17, 15) is 28.8 Å². The van der Waals surface area contributed by atoms with Crippen LogP contribution in [-0.4, -0.2) is 45.4 Å². The predicted octanol–water partition coefficient (Wildman–Crippen LogP) is 19.2. The summed E-state index contributed by atoms with van der Waals surface area (Å²) in [5, 5.41) is -1.06. The van der Waals surface area contributed by atoms with Crippen molar-refractivity contribution in [1.29, 1.82) is 0 Å². The molecular weight excluding hydrogens is 1650 g/mol. The summed E-state index contributed by atoms with van der Waals surface area (Å²) in [4.78, 5) is 62.0. The second kappa shape index (κ2) is 72.1. The first kappa shape index (κ1) is 106. The summed E-state index contributed by atoms with van der Waals surface area (Å²) in [5.74, 6) is 0.320. The van der Waals surface area contributed by atoms with Crippen LogP contribution in [0.1, 0.15) is 111 Å². The van der Waals surface area contributed by atoms with Crippen LogP contribution in [0.4, 0.5) is 0 Å². The molecule has 0 saturated carbocycles. The molecule has 7 aliphatic carbocycles. The average Bonchev–Trinajstić information content (AvgIpc) is 2.21. The van der Waals surface area contributed by atoms with Gasteiger partial charge < -0.3 is 120 Å². The molecule has 0 aliphatic heterocycles. The third-order valence-electron chi connectivity index (χ3n) is 10.5. The number of ether oxygens (including phenoxy) is 1. The molecule has 0 unspecified atom stereocenters. The molecule has 8 nitrogen and oxygen atoms in total. The Kier molecular flexibility index (Phi) is 83.4. The van der Waals surface area contributed by atoms with Gasteiger partial charge in [0, 0.05) is 202 Å². The normalized spacial score (nSPS) is 13.5. The molecule has 0 aromatic carbocycles. The van der Waals surface area contributed by atoms with Crippen molar-refractivity contribution in [1.82, 2.24) is 0 Å². The van der Waals surface area contributed by atoms with Gasteiger partial charge in [0.25, 0.3) is 0 Å². The van der Waals surface area contributed by atoms with E-state index in [0.29, 0.717) is 12.2 Å². The molecule has 7 aliphatic rings. The number of carbonyl (C=O) groups is 6. The van der Waals surface area contributed by atoms with Crippen LogP contribution < -0.4 is 0 Å². The first-order valence-electron chi connectivity index (χ1n) is 26.1. The van der Waals surface area contributed by atoms with Crippen LogP contribution in [0.2, 0.25) is 0 Å².